The molecule has 1 unspecified atom stereocenters. The fourth-order valence-electron chi connectivity index (χ4n) is 5.20. The SMILES string of the molecule is Cc1ccccc1C(C)COC(=O)Nc1cc(F)c(OCC2(C#N)CC2)c(CN(C)C(=O)CNc2ccc3c(N)nccc3c2)c1. The van der Waals surface area contributed by atoms with E-state index in [1.165, 1.54) is 4.90 Å². The number of aromatic nitrogens is 1. The van der Waals surface area contributed by atoms with Crippen molar-refractivity contribution in [2.24, 2.45) is 5.41 Å². The number of carbonyl (C=O) groups is 2. The summed E-state index contributed by atoms with van der Waals surface area (Å²) < 4.78 is 26.8. The van der Waals surface area contributed by atoms with E-state index in [4.69, 9.17) is 15.2 Å². The number of rotatable bonds is 12. The van der Waals surface area contributed by atoms with Gasteiger partial charge in [0.05, 0.1) is 24.6 Å². The lowest BCUT2D eigenvalue weighted by molar-refractivity contribution is -0.128. The molecule has 0 spiro atoms. The van der Waals surface area contributed by atoms with Crippen LogP contribution in [0.15, 0.2) is 66.9 Å². The molecule has 238 valence electrons. The second-order valence-corrected chi connectivity index (χ2v) is 11.8. The van der Waals surface area contributed by atoms with Crippen molar-refractivity contribution in [1.82, 2.24) is 9.88 Å². The highest BCUT2D eigenvalue weighted by atomic mass is 19.1. The number of likely N-dealkylation sites (N-methyl/N-ethyl adjacent to an activating group) is 1. The summed E-state index contributed by atoms with van der Waals surface area (Å²) >= 11 is 0. The number of carbonyl (C=O) groups excluding carboxylic acids is 2. The summed E-state index contributed by atoms with van der Waals surface area (Å²) in [7, 11) is 1.59. The van der Waals surface area contributed by atoms with Gasteiger partial charge in [0.15, 0.2) is 11.6 Å². The zero-order valence-corrected chi connectivity index (χ0v) is 26.1. The molecule has 1 aliphatic rings. The quantitative estimate of drug-likeness (QED) is 0.165. The Bertz CT molecular complexity index is 1800. The van der Waals surface area contributed by atoms with Crippen LogP contribution in [0.1, 0.15) is 42.4 Å². The van der Waals surface area contributed by atoms with Crippen LogP contribution in [0, 0.1) is 29.5 Å². The number of nitrogen functional groups attached to an aromatic ring is 1. The minimum Gasteiger partial charge on any atom is -0.488 e. The van der Waals surface area contributed by atoms with Gasteiger partial charge in [-0.25, -0.2) is 14.2 Å². The predicted octanol–water partition coefficient (Wildman–Crippen LogP) is 6.37. The Kier molecular flexibility index (Phi) is 9.56. The van der Waals surface area contributed by atoms with Gasteiger partial charge in [-0.3, -0.25) is 10.1 Å². The molecule has 0 aliphatic heterocycles. The van der Waals surface area contributed by atoms with Gasteiger partial charge in [0, 0.05) is 54.1 Å². The van der Waals surface area contributed by atoms with E-state index in [0.717, 1.165) is 33.7 Å². The molecule has 1 saturated carbocycles. The molecule has 1 atom stereocenters. The van der Waals surface area contributed by atoms with Crippen molar-refractivity contribution in [2.45, 2.75) is 39.2 Å². The summed E-state index contributed by atoms with van der Waals surface area (Å²) in [6.45, 7) is 4.08. The average molecular weight is 625 g/mol. The topological polar surface area (TPSA) is 143 Å². The van der Waals surface area contributed by atoms with Crippen molar-refractivity contribution < 1.29 is 23.5 Å². The Morgan fingerprint density at radius 1 is 1.15 bits per heavy atom. The van der Waals surface area contributed by atoms with Crippen molar-refractivity contribution in [1.29, 1.82) is 5.26 Å². The number of halogens is 1. The highest BCUT2D eigenvalue weighted by Crippen LogP contribution is 2.45. The minimum atomic E-state index is -0.734. The number of hydrogen-bond acceptors (Lipinski definition) is 8. The van der Waals surface area contributed by atoms with E-state index in [-0.39, 0.29) is 49.6 Å². The van der Waals surface area contributed by atoms with E-state index in [0.29, 0.717) is 24.2 Å². The van der Waals surface area contributed by atoms with Crippen molar-refractivity contribution in [3.8, 4) is 11.8 Å². The molecule has 11 heteroatoms. The zero-order chi connectivity index (χ0) is 32.8. The molecule has 1 aromatic heterocycles. The van der Waals surface area contributed by atoms with Gasteiger partial charge < -0.3 is 25.4 Å². The number of pyridine rings is 1. The molecule has 1 heterocycles. The van der Waals surface area contributed by atoms with Crippen LogP contribution in [0.25, 0.3) is 10.8 Å². The molecule has 1 fully saturated rings. The Morgan fingerprint density at radius 2 is 1.93 bits per heavy atom. The lowest BCUT2D eigenvalue weighted by Crippen LogP contribution is -2.32. The number of ether oxygens (including phenoxy) is 2. The van der Waals surface area contributed by atoms with Gasteiger partial charge >= 0.3 is 6.09 Å². The fraction of sp³-hybridized carbons (Fsp3) is 0.314. The van der Waals surface area contributed by atoms with Gasteiger partial charge in [-0.1, -0.05) is 31.2 Å². The van der Waals surface area contributed by atoms with Crippen LogP contribution < -0.4 is 21.1 Å². The third kappa shape index (κ3) is 7.64. The third-order valence-corrected chi connectivity index (χ3v) is 8.21. The van der Waals surface area contributed by atoms with Crippen molar-refractivity contribution in [2.75, 3.05) is 43.2 Å². The summed E-state index contributed by atoms with van der Waals surface area (Å²) in [5.41, 5.74) is 8.68. The fourth-order valence-corrected chi connectivity index (χ4v) is 5.20. The van der Waals surface area contributed by atoms with Crippen molar-refractivity contribution >= 4 is 40.0 Å². The largest absolute Gasteiger partial charge is 0.488 e. The van der Waals surface area contributed by atoms with E-state index >= 15 is 4.39 Å². The molecule has 10 nitrogen and oxygen atoms in total. The Labute approximate surface area is 267 Å². The normalized spacial score (nSPS) is 13.7. The number of anilines is 3. The van der Waals surface area contributed by atoms with E-state index in [1.807, 2.05) is 62.4 Å². The standard InChI is InChI=1S/C35H37FN6O4/c1-22-6-4-5-7-28(22)23(2)19-45-34(44)41-27-15-25(32(30(36)16-27)46-21-35(20-37)11-12-35)18-42(3)31(43)17-40-26-8-9-29-24(14-26)10-13-39-33(29)38/h4-10,13-16,23,40H,11-12,17-19,21H2,1-3H3,(H2,38,39)(H,41,44). The second kappa shape index (κ2) is 13.7. The number of nitrogens with two attached hydrogens (primary N) is 1. The highest BCUT2D eigenvalue weighted by molar-refractivity contribution is 5.93. The number of fused-ring (bicyclic) bond motifs is 1. The van der Waals surface area contributed by atoms with E-state index in [2.05, 4.69) is 21.7 Å². The Hall–Kier alpha value is -5.37. The van der Waals surface area contributed by atoms with Crippen LogP contribution in [-0.4, -0.2) is 48.7 Å². The average Bonchev–Trinajstić information content (AvgIpc) is 3.82. The molecule has 1 aliphatic carbocycles. The van der Waals surface area contributed by atoms with E-state index in [1.54, 1.807) is 19.3 Å². The first kappa shape index (κ1) is 32.0. The maximum Gasteiger partial charge on any atom is 0.411 e. The van der Waals surface area contributed by atoms with Gasteiger partial charge in [-0.15, -0.1) is 0 Å². The first-order valence-electron chi connectivity index (χ1n) is 15.1. The molecule has 0 bridgehead atoms. The molecule has 2 amide bonds. The monoisotopic (exact) mass is 624 g/mol. The number of nitrogens with one attached hydrogen (secondary N) is 2. The summed E-state index contributed by atoms with van der Waals surface area (Å²) in [6.07, 6.45) is 2.24. The molecular formula is C35H37FN6O4. The first-order chi connectivity index (χ1) is 22.1. The predicted molar refractivity (Wildman–Crippen MR) is 175 cm³/mol. The van der Waals surface area contributed by atoms with Gasteiger partial charge in [0.25, 0.3) is 0 Å². The van der Waals surface area contributed by atoms with Gasteiger partial charge in [0.1, 0.15) is 12.4 Å². The Morgan fingerprint density at radius 3 is 2.67 bits per heavy atom. The highest BCUT2D eigenvalue weighted by Gasteiger charge is 2.44. The van der Waals surface area contributed by atoms with Gasteiger partial charge in [0.2, 0.25) is 5.91 Å². The smallest absolute Gasteiger partial charge is 0.411 e. The molecule has 5 rings (SSSR count). The van der Waals surface area contributed by atoms with Crippen LogP contribution in [0.4, 0.5) is 26.4 Å². The van der Waals surface area contributed by atoms with Crippen LogP contribution in [-0.2, 0) is 16.1 Å². The molecule has 4 aromatic rings. The summed E-state index contributed by atoms with van der Waals surface area (Å²) in [6, 6.07) is 20.2. The van der Waals surface area contributed by atoms with Crippen LogP contribution in [0.5, 0.6) is 5.75 Å². The second-order valence-electron chi connectivity index (χ2n) is 11.8. The zero-order valence-electron chi connectivity index (χ0n) is 26.1. The third-order valence-electron chi connectivity index (χ3n) is 8.21. The lowest BCUT2D eigenvalue weighted by Gasteiger charge is -2.22. The molecule has 0 radical (unpaired) electrons. The summed E-state index contributed by atoms with van der Waals surface area (Å²) in [5.74, 6) is -0.669. The van der Waals surface area contributed by atoms with Gasteiger partial charge in [-0.2, -0.15) is 5.26 Å². The number of aryl methyl sites for hydroxylation is 1. The van der Waals surface area contributed by atoms with Gasteiger partial charge in [-0.05, 0) is 66.6 Å². The number of amides is 2. The van der Waals surface area contributed by atoms with Crippen LogP contribution >= 0.6 is 0 Å². The molecular weight excluding hydrogens is 587 g/mol. The van der Waals surface area contributed by atoms with Crippen LogP contribution in [0.2, 0.25) is 0 Å². The number of nitriles is 1. The maximum atomic E-state index is 15.5. The molecule has 4 N–H and O–H groups in total. The molecule has 0 saturated heterocycles. The maximum absolute atomic E-state index is 15.5. The minimum absolute atomic E-state index is 0.0128. The van der Waals surface area contributed by atoms with Crippen LogP contribution in [0.3, 0.4) is 0 Å². The van der Waals surface area contributed by atoms with Crippen molar-refractivity contribution in [3.05, 3.63) is 89.4 Å². The number of hydrogen-bond donors (Lipinski definition) is 3. The number of nitrogens with zero attached hydrogens (tertiary/aromatic N) is 3. The Balaban J connectivity index is 1.26. The molecule has 3 aromatic carbocycles. The summed E-state index contributed by atoms with van der Waals surface area (Å²) in [5, 5.41) is 16.9. The first-order valence-corrected chi connectivity index (χ1v) is 15.1. The molecule has 46 heavy (non-hydrogen) atoms. The van der Waals surface area contributed by atoms with E-state index in [9.17, 15) is 14.9 Å². The van der Waals surface area contributed by atoms with E-state index < -0.39 is 17.3 Å². The lowest BCUT2D eigenvalue weighted by atomic mass is 9.97. The van der Waals surface area contributed by atoms with Crippen molar-refractivity contribution in [3.63, 3.8) is 0 Å². The summed E-state index contributed by atoms with van der Waals surface area (Å²) in [4.78, 5) is 31.3. The number of benzene rings is 3.